The molecule has 0 spiro atoms. The number of rotatable bonds is 3. The Balaban J connectivity index is 2.27. The quantitative estimate of drug-likeness (QED) is 0.823. The number of allylic oxidation sites excluding steroid dienone is 1. The average Bonchev–Trinajstić information content (AvgIpc) is 2.98. The Labute approximate surface area is 150 Å². The van der Waals surface area contributed by atoms with E-state index in [0.717, 1.165) is 11.8 Å². The summed E-state index contributed by atoms with van der Waals surface area (Å²) in [6.45, 7) is 5.27. The number of nitrogens with zero attached hydrogens (tertiary/aromatic N) is 2. The SMILES string of the molecule is C=C/C=c1/cncc(F)/c1=C(/C)S(=O)(=O)N1CCc2ccc(Cl)cc21. The van der Waals surface area contributed by atoms with Crippen LogP contribution in [-0.2, 0) is 16.4 Å². The van der Waals surface area contributed by atoms with E-state index in [-0.39, 0.29) is 10.1 Å². The zero-order chi connectivity index (χ0) is 18.2. The Morgan fingerprint density at radius 3 is 2.88 bits per heavy atom. The van der Waals surface area contributed by atoms with Crippen molar-refractivity contribution in [1.82, 2.24) is 4.98 Å². The van der Waals surface area contributed by atoms with E-state index in [1.807, 2.05) is 6.07 Å². The largest absolute Gasteiger partial charge is 0.266 e. The van der Waals surface area contributed by atoms with Gasteiger partial charge in [-0.05, 0) is 31.0 Å². The molecule has 0 fully saturated rings. The number of anilines is 1. The fourth-order valence-corrected chi connectivity index (χ4v) is 4.67. The highest BCUT2D eigenvalue weighted by atomic mass is 35.5. The standard InChI is InChI=1S/C18H16ClFN2O2S/c1-3-4-14-10-21-11-16(20)18(14)12(2)25(23,24)22-8-7-13-5-6-15(19)9-17(13)22/h3-6,9-11H,1,7-8H2,2H3/b14-4-,18-12-. The van der Waals surface area contributed by atoms with Gasteiger partial charge in [-0.2, -0.15) is 0 Å². The molecule has 0 radical (unpaired) electrons. The predicted octanol–water partition coefficient (Wildman–Crippen LogP) is 2.36. The summed E-state index contributed by atoms with van der Waals surface area (Å²) in [4.78, 5) is 3.70. The lowest BCUT2D eigenvalue weighted by Crippen LogP contribution is -2.37. The van der Waals surface area contributed by atoms with Crippen LogP contribution in [0.1, 0.15) is 12.5 Å². The van der Waals surface area contributed by atoms with Crippen LogP contribution in [0.25, 0.3) is 11.0 Å². The minimum absolute atomic E-state index is 0.00498. The van der Waals surface area contributed by atoms with Gasteiger partial charge in [-0.3, -0.25) is 9.29 Å². The van der Waals surface area contributed by atoms with E-state index in [1.165, 1.54) is 29.6 Å². The van der Waals surface area contributed by atoms with E-state index in [2.05, 4.69) is 11.6 Å². The average molecular weight is 379 g/mol. The monoisotopic (exact) mass is 378 g/mol. The summed E-state index contributed by atoms with van der Waals surface area (Å²) in [5, 5.41) is 0.821. The van der Waals surface area contributed by atoms with Gasteiger partial charge < -0.3 is 0 Å². The van der Waals surface area contributed by atoms with E-state index in [9.17, 15) is 12.8 Å². The van der Waals surface area contributed by atoms with Crippen molar-refractivity contribution in [2.45, 2.75) is 13.3 Å². The molecule has 1 aliphatic rings. The third-order valence-electron chi connectivity index (χ3n) is 4.16. The second kappa shape index (κ2) is 6.61. The summed E-state index contributed by atoms with van der Waals surface area (Å²) in [5.41, 5.74) is 1.43. The van der Waals surface area contributed by atoms with Crippen molar-refractivity contribution in [1.29, 1.82) is 0 Å². The molecule has 4 nitrogen and oxygen atoms in total. The molecule has 0 bridgehead atoms. The van der Waals surface area contributed by atoms with Crippen molar-refractivity contribution in [2.75, 3.05) is 10.8 Å². The maximum atomic E-state index is 14.4. The van der Waals surface area contributed by atoms with Crippen LogP contribution in [0.4, 0.5) is 10.1 Å². The summed E-state index contributed by atoms with van der Waals surface area (Å²) in [7, 11) is -3.92. The molecule has 0 saturated carbocycles. The Hall–Kier alpha value is -2.18. The molecule has 1 aliphatic heterocycles. The molecule has 0 amide bonds. The van der Waals surface area contributed by atoms with Crippen LogP contribution in [0.2, 0.25) is 5.02 Å². The van der Waals surface area contributed by atoms with Crippen LogP contribution in [0, 0.1) is 5.82 Å². The highest BCUT2D eigenvalue weighted by Gasteiger charge is 2.31. The smallest absolute Gasteiger partial charge is 0.260 e. The molecule has 0 unspecified atom stereocenters. The molecule has 0 N–H and O–H groups in total. The molecule has 3 rings (SSSR count). The van der Waals surface area contributed by atoms with Crippen molar-refractivity contribution in [2.24, 2.45) is 0 Å². The van der Waals surface area contributed by atoms with Crippen LogP contribution in [0.15, 0.2) is 43.2 Å². The van der Waals surface area contributed by atoms with Crippen molar-refractivity contribution < 1.29 is 12.8 Å². The lowest BCUT2D eigenvalue weighted by Gasteiger charge is -2.20. The van der Waals surface area contributed by atoms with E-state index in [0.29, 0.717) is 28.9 Å². The minimum Gasteiger partial charge on any atom is -0.266 e. The van der Waals surface area contributed by atoms with Gasteiger partial charge in [0.15, 0.2) is 0 Å². The second-order valence-corrected chi connectivity index (χ2v) is 8.08. The molecule has 1 aromatic carbocycles. The predicted molar refractivity (Wildman–Crippen MR) is 98.6 cm³/mol. The third kappa shape index (κ3) is 3.07. The van der Waals surface area contributed by atoms with Crippen LogP contribution in [0.5, 0.6) is 0 Å². The number of hydrogen-bond donors (Lipinski definition) is 0. The van der Waals surface area contributed by atoms with Crippen LogP contribution < -0.4 is 14.7 Å². The number of hydrogen-bond acceptors (Lipinski definition) is 3. The zero-order valence-corrected chi connectivity index (χ0v) is 15.1. The number of benzene rings is 1. The lowest BCUT2D eigenvalue weighted by molar-refractivity contribution is 0.597. The zero-order valence-electron chi connectivity index (χ0n) is 13.5. The Bertz CT molecular complexity index is 1080. The molecule has 0 saturated heterocycles. The summed E-state index contributed by atoms with van der Waals surface area (Å²) >= 11 is 6.01. The number of aromatic nitrogens is 1. The Kier molecular flexibility index (Phi) is 4.67. The first-order chi connectivity index (χ1) is 11.9. The fourth-order valence-electron chi connectivity index (χ4n) is 2.94. The van der Waals surface area contributed by atoms with Gasteiger partial charge in [-0.15, -0.1) is 0 Å². The van der Waals surface area contributed by atoms with Crippen LogP contribution in [-0.4, -0.2) is 19.9 Å². The molecule has 0 atom stereocenters. The maximum Gasteiger partial charge on any atom is 0.260 e. The van der Waals surface area contributed by atoms with Gasteiger partial charge >= 0.3 is 0 Å². The van der Waals surface area contributed by atoms with Crippen molar-refractivity contribution in [3.05, 3.63) is 70.1 Å². The summed E-state index contributed by atoms with van der Waals surface area (Å²) in [5.74, 6) is -0.692. The molecule has 130 valence electrons. The van der Waals surface area contributed by atoms with Gasteiger partial charge in [0.25, 0.3) is 10.0 Å². The summed E-state index contributed by atoms with van der Waals surface area (Å²) in [6, 6.07) is 5.16. The van der Waals surface area contributed by atoms with Gasteiger partial charge in [-0.1, -0.05) is 36.4 Å². The molecule has 2 aromatic rings. The normalized spacial score (nSPS) is 16.0. The van der Waals surface area contributed by atoms with Crippen molar-refractivity contribution in [3.8, 4) is 0 Å². The highest BCUT2D eigenvalue weighted by Crippen LogP contribution is 2.34. The molecular weight excluding hydrogens is 363 g/mol. The molecule has 2 heterocycles. The Morgan fingerprint density at radius 2 is 2.16 bits per heavy atom. The van der Waals surface area contributed by atoms with E-state index < -0.39 is 15.8 Å². The highest BCUT2D eigenvalue weighted by molar-refractivity contribution is 8.01. The number of fused-ring (bicyclic) bond motifs is 1. The number of sulfonamides is 1. The van der Waals surface area contributed by atoms with E-state index in [1.54, 1.807) is 12.1 Å². The fraction of sp³-hybridized carbons (Fsp3) is 0.167. The first kappa shape index (κ1) is 17.6. The summed E-state index contributed by atoms with van der Waals surface area (Å²) < 4.78 is 41.9. The van der Waals surface area contributed by atoms with Gasteiger partial charge in [0.05, 0.1) is 16.8 Å². The Morgan fingerprint density at radius 1 is 1.40 bits per heavy atom. The van der Waals surface area contributed by atoms with Crippen molar-refractivity contribution in [3.63, 3.8) is 0 Å². The van der Waals surface area contributed by atoms with Gasteiger partial charge in [0.2, 0.25) is 0 Å². The first-order valence-electron chi connectivity index (χ1n) is 7.60. The first-order valence-corrected chi connectivity index (χ1v) is 9.42. The van der Waals surface area contributed by atoms with E-state index >= 15 is 0 Å². The molecule has 25 heavy (non-hydrogen) atoms. The molecule has 7 heteroatoms. The van der Waals surface area contributed by atoms with Crippen molar-refractivity contribution >= 4 is 38.3 Å². The topological polar surface area (TPSA) is 50.3 Å². The lowest BCUT2D eigenvalue weighted by atomic mass is 10.2. The van der Waals surface area contributed by atoms with Crippen LogP contribution >= 0.6 is 11.6 Å². The minimum atomic E-state index is -3.92. The molecular formula is C18H16ClFN2O2S. The van der Waals surface area contributed by atoms with Gasteiger partial charge in [0.1, 0.15) is 5.82 Å². The number of halogens is 2. The van der Waals surface area contributed by atoms with Crippen LogP contribution in [0.3, 0.4) is 0 Å². The van der Waals surface area contributed by atoms with Gasteiger partial charge in [0, 0.05) is 28.2 Å². The van der Waals surface area contributed by atoms with Gasteiger partial charge in [-0.25, -0.2) is 12.8 Å². The molecule has 0 aliphatic carbocycles. The molecule has 1 aromatic heterocycles. The number of pyridine rings is 1. The third-order valence-corrected chi connectivity index (χ3v) is 6.33. The second-order valence-electron chi connectivity index (χ2n) is 5.64. The van der Waals surface area contributed by atoms with E-state index in [4.69, 9.17) is 11.6 Å². The maximum absolute atomic E-state index is 14.4. The summed E-state index contributed by atoms with van der Waals surface area (Å²) in [6.07, 6.45) is 5.99.